The number of hydroxylamine groups is 1. The quantitative estimate of drug-likeness (QED) is 0.0429. The van der Waals surface area contributed by atoms with Crippen LogP contribution in [0.1, 0.15) is 55.5 Å². The molecule has 314 valence electrons. The number of sulfonamides is 1. The van der Waals surface area contributed by atoms with E-state index >= 15 is 0 Å². The first-order valence-corrected chi connectivity index (χ1v) is 21.3. The van der Waals surface area contributed by atoms with E-state index in [0.717, 1.165) is 68.2 Å². The number of carbonyl (C=O) groups is 2. The number of amides is 2. The highest BCUT2D eigenvalue weighted by molar-refractivity contribution is 7.90. The van der Waals surface area contributed by atoms with E-state index in [-0.39, 0.29) is 35.4 Å². The summed E-state index contributed by atoms with van der Waals surface area (Å²) in [5, 5.41) is 24.7. The molecule has 3 aromatic carbocycles. The zero-order valence-electron chi connectivity index (χ0n) is 33.0. The van der Waals surface area contributed by atoms with Crippen LogP contribution in [0.5, 0.6) is 11.5 Å². The summed E-state index contributed by atoms with van der Waals surface area (Å²) in [5.41, 5.74) is 6.39. The number of piperazine rings is 1. The number of benzene rings is 3. The Morgan fingerprint density at radius 3 is 2.53 bits per heavy atom. The Morgan fingerprint density at radius 2 is 1.80 bits per heavy atom. The number of halogens is 1. The number of nitrogens with one attached hydrogen (secondary N) is 4. The molecule has 2 aromatic heterocycles. The molecule has 0 saturated carbocycles. The van der Waals surface area contributed by atoms with Crippen molar-refractivity contribution in [2.24, 2.45) is 5.41 Å². The minimum atomic E-state index is -4.64. The fraction of sp³-hybridized carbons (Fsp3) is 0.310. The average Bonchev–Trinajstić information content (AvgIpc) is 3.70. The normalized spacial score (nSPS) is 15.8. The number of aromatic nitrogens is 2. The number of nitro groups is 1. The Bertz CT molecular complexity index is 2570. The second kappa shape index (κ2) is 17.7. The average molecular weight is 857 g/mol. The maximum absolute atomic E-state index is 13.8. The number of anilines is 2. The monoisotopic (exact) mass is 856 g/mol. The van der Waals surface area contributed by atoms with Crippen molar-refractivity contribution in [2.75, 3.05) is 49.5 Å². The Morgan fingerprint density at radius 1 is 1.03 bits per heavy atom. The number of fused-ring (bicyclic) bond motifs is 1. The van der Waals surface area contributed by atoms with Gasteiger partial charge < -0.3 is 19.9 Å². The molecule has 5 N–H and O–H groups in total. The first-order valence-electron chi connectivity index (χ1n) is 19.4. The number of nitro benzene ring substituents is 1. The molecular formula is C42H45ClN8O8S. The molecule has 3 heterocycles. The molecule has 1 saturated heterocycles. The summed E-state index contributed by atoms with van der Waals surface area (Å²) in [7, 11) is -4.64. The van der Waals surface area contributed by atoms with E-state index in [1.807, 2.05) is 22.9 Å². The van der Waals surface area contributed by atoms with Crippen LogP contribution in [0.4, 0.5) is 17.1 Å². The number of ether oxygens (including phenoxy) is 1. The number of H-pyrrole nitrogens is 1. The van der Waals surface area contributed by atoms with E-state index < -0.39 is 37.3 Å². The summed E-state index contributed by atoms with van der Waals surface area (Å²) in [6.07, 6.45) is 6.17. The highest BCUT2D eigenvalue weighted by atomic mass is 35.5. The third kappa shape index (κ3) is 9.88. The lowest BCUT2D eigenvalue weighted by molar-refractivity contribution is -0.384. The van der Waals surface area contributed by atoms with Gasteiger partial charge in [-0.3, -0.25) is 29.8 Å². The van der Waals surface area contributed by atoms with Gasteiger partial charge in [0.15, 0.2) is 0 Å². The van der Waals surface area contributed by atoms with Crippen LogP contribution in [0.25, 0.3) is 16.6 Å². The van der Waals surface area contributed by atoms with Gasteiger partial charge in [0, 0.05) is 80.1 Å². The summed E-state index contributed by atoms with van der Waals surface area (Å²) in [6.45, 7) is 8.41. The topological polar surface area (TPSA) is 212 Å². The van der Waals surface area contributed by atoms with Gasteiger partial charge in [-0.05, 0) is 84.3 Å². The molecule has 2 amide bonds. The number of hydrogen-bond acceptors (Lipinski definition) is 12. The number of nitrogens with zero attached hydrogens (tertiary/aromatic N) is 4. The molecule has 0 radical (unpaired) electrons. The fourth-order valence-corrected chi connectivity index (χ4v) is 8.67. The molecule has 1 aliphatic carbocycles. The maximum Gasteiger partial charge on any atom is 0.293 e. The largest absolute Gasteiger partial charge is 0.455 e. The van der Waals surface area contributed by atoms with E-state index in [1.165, 1.54) is 34.5 Å². The molecule has 5 aromatic rings. The number of allylic oxidation sites excluding steroid dienone is 1. The van der Waals surface area contributed by atoms with Crippen molar-refractivity contribution in [3.05, 3.63) is 117 Å². The van der Waals surface area contributed by atoms with Crippen LogP contribution in [0, 0.1) is 15.5 Å². The van der Waals surface area contributed by atoms with Gasteiger partial charge in [-0.2, -0.15) is 0 Å². The fourth-order valence-electron chi connectivity index (χ4n) is 7.56. The molecule has 0 spiro atoms. The van der Waals surface area contributed by atoms with Crippen molar-refractivity contribution in [1.82, 2.24) is 25.1 Å². The van der Waals surface area contributed by atoms with Crippen molar-refractivity contribution >= 4 is 67.1 Å². The highest BCUT2D eigenvalue weighted by Gasteiger charge is 2.30. The lowest BCUT2D eigenvalue weighted by atomic mass is 9.72. The Hall–Kier alpha value is -6.01. The zero-order chi connectivity index (χ0) is 42.6. The molecule has 2 aliphatic rings. The molecule has 0 unspecified atom stereocenters. The van der Waals surface area contributed by atoms with E-state index in [0.29, 0.717) is 29.5 Å². The lowest BCUT2D eigenvalue weighted by Crippen LogP contribution is -2.47. The van der Waals surface area contributed by atoms with Gasteiger partial charge in [0.05, 0.1) is 21.6 Å². The highest BCUT2D eigenvalue weighted by Crippen LogP contribution is 2.43. The van der Waals surface area contributed by atoms with Crippen molar-refractivity contribution in [1.29, 1.82) is 0 Å². The summed E-state index contributed by atoms with van der Waals surface area (Å²) >= 11 is 6.22. The Labute approximate surface area is 351 Å². The summed E-state index contributed by atoms with van der Waals surface area (Å²) in [6, 6.07) is 19.7. The third-order valence-electron chi connectivity index (χ3n) is 10.8. The van der Waals surface area contributed by atoms with Crippen LogP contribution in [0.3, 0.4) is 0 Å². The van der Waals surface area contributed by atoms with Gasteiger partial charge in [-0.15, -0.1) is 0 Å². The molecule has 16 nitrogen and oxygen atoms in total. The van der Waals surface area contributed by atoms with Gasteiger partial charge in [-0.25, -0.2) is 23.6 Å². The van der Waals surface area contributed by atoms with Crippen LogP contribution in [-0.4, -0.2) is 84.5 Å². The number of rotatable bonds is 14. The SMILES string of the molecule is CC1(C)CCC(CN2CCN(c3ccc(C(=O)NS(=O)(=O)c4ccc(NCCC(=O)NO)c([N+](=O)[O-])c4)c(Oc4cnc5[nH]ccc5c4)c3)CC2)=C(c2ccc(Cl)cc2)C1. The van der Waals surface area contributed by atoms with Crippen LogP contribution in [0.15, 0.2) is 95.7 Å². The minimum absolute atomic E-state index is 0.0612. The second-order valence-corrected chi connectivity index (χ2v) is 17.8. The second-order valence-electron chi connectivity index (χ2n) is 15.6. The lowest BCUT2D eigenvalue weighted by Gasteiger charge is -2.39. The van der Waals surface area contributed by atoms with Crippen molar-refractivity contribution < 1.29 is 32.9 Å². The number of hydrogen-bond donors (Lipinski definition) is 5. The van der Waals surface area contributed by atoms with Gasteiger partial charge in [0.2, 0.25) is 5.91 Å². The van der Waals surface area contributed by atoms with Crippen molar-refractivity contribution in [3.63, 3.8) is 0 Å². The first-order chi connectivity index (χ1) is 28.7. The molecule has 7 rings (SSSR count). The van der Waals surface area contributed by atoms with Crippen LogP contribution in [-0.2, 0) is 14.8 Å². The summed E-state index contributed by atoms with van der Waals surface area (Å²) in [5.74, 6) is -1.34. The Kier molecular flexibility index (Phi) is 12.4. The summed E-state index contributed by atoms with van der Waals surface area (Å²) < 4.78 is 35.4. The molecule has 0 bridgehead atoms. The van der Waals surface area contributed by atoms with Gasteiger partial charge in [-0.1, -0.05) is 43.2 Å². The van der Waals surface area contributed by atoms with E-state index in [2.05, 4.69) is 51.1 Å². The molecule has 1 fully saturated rings. The predicted octanol–water partition coefficient (Wildman–Crippen LogP) is 7.13. The standard InChI is InChI=1S/C42H45ClN8O8S/c1-42(2)14-11-29(35(24-42)27-3-5-30(43)6-4-27)26-49-17-19-50(20-18-49)31-7-9-34(38(22-31)59-32-21-28-12-15-45-40(28)46-25-32)41(53)48-60(57,58)33-8-10-36(37(23-33)51(55)56)44-16-13-39(52)47-54/h3-10,12,15,21-23,25,44,54H,11,13-14,16-20,24,26H2,1-2H3,(H,45,46)(H,47,52)(H,48,53). The predicted molar refractivity (Wildman–Crippen MR) is 228 cm³/mol. The van der Waals surface area contributed by atoms with E-state index in [1.54, 1.807) is 24.4 Å². The zero-order valence-corrected chi connectivity index (χ0v) is 34.6. The van der Waals surface area contributed by atoms with Crippen LogP contribution < -0.4 is 25.2 Å². The van der Waals surface area contributed by atoms with Gasteiger partial charge >= 0.3 is 0 Å². The van der Waals surface area contributed by atoms with Gasteiger partial charge in [0.25, 0.3) is 21.6 Å². The molecule has 1 aliphatic heterocycles. The van der Waals surface area contributed by atoms with Crippen LogP contribution >= 0.6 is 11.6 Å². The van der Waals surface area contributed by atoms with Gasteiger partial charge in [0.1, 0.15) is 22.8 Å². The summed E-state index contributed by atoms with van der Waals surface area (Å²) in [4.78, 5) is 47.8. The van der Waals surface area contributed by atoms with Crippen LogP contribution in [0.2, 0.25) is 5.02 Å². The van der Waals surface area contributed by atoms with E-state index in [9.17, 15) is 28.1 Å². The number of pyridine rings is 1. The number of carbonyl (C=O) groups excluding carboxylic acids is 2. The maximum atomic E-state index is 13.8. The minimum Gasteiger partial charge on any atom is -0.455 e. The number of aromatic amines is 1. The van der Waals surface area contributed by atoms with Crippen molar-refractivity contribution in [2.45, 2.75) is 44.4 Å². The molecule has 18 heteroatoms. The first kappa shape index (κ1) is 42.1. The Balaban J connectivity index is 1.10. The molecular weight excluding hydrogens is 812 g/mol. The van der Waals surface area contributed by atoms with Crippen molar-refractivity contribution in [3.8, 4) is 11.5 Å². The molecule has 0 atom stereocenters. The van der Waals surface area contributed by atoms with E-state index in [4.69, 9.17) is 21.5 Å². The smallest absolute Gasteiger partial charge is 0.293 e. The molecule has 60 heavy (non-hydrogen) atoms. The third-order valence-corrected chi connectivity index (χ3v) is 12.4.